The van der Waals surface area contributed by atoms with Crippen LogP contribution in [0.1, 0.15) is 15.9 Å². The monoisotopic (exact) mass is 496 g/mol. The van der Waals surface area contributed by atoms with Gasteiger partial charge >= 0.3 is 0 Å². The first-order valence-corrected chi connectivity index (χ1v) is 8.92. The molecule has 9 heteroatoms. The molecule has 1 amide bonds. The molecule has 26 heavy (non-hydrogen) atoms. The highest BCUT2D eigenvalue weighted by Gasteiger charge is 2.23. The first-order valence-electron chi connectivity index (χ1n) is 7.47. The Hall–Kier alpha value is -1.49. The number of hydroxylamine groups is 1. The third-order valence-electron chi connectivity index (χ3n) is 3.41. The van der Waals surface area contributed by atoms with E-state index in [0.717, 1.165) is 15.2 Å². The van der Waals surface area contributed by atoms with Gasteiger partial charge in [0.2, 0.25) is 0 Å². The maximum atomic E-state index is 14.5. The summed E-state index contributed by atoms with van der Waals surface area (Å²) in [5, 5.41) is 2.26. The van der Waals surface area contributed by atoms with Crippen LogP contribution in [-0.4, -0.2) is 26.2 Å². The summed E-state index contributed by atoms with van der Waals surface area (Å²) in [7, 11) is 1.48. The molecule has 2 rings (SSSR count). The molecule has 2 aromatic rings. The van der Waals surface area contributed by atoms with Crippen LogP contribution in [0.3, 0.4) is 0 Å². The maximum absolute atomic E-state index is 14.5. The molecular weight excluding hydrogens is 481 g/mol. The van der Waals surface area contributed by atoms with Crippen molar-refractivity contribution in [3.05, 3.63) is 55.6 Å². The van der Waals surface area contributed by atoms with E-state index in [-0.39, 0.29) is 24.5 Å². The molecule has 0 atom stereocenters. The van der Waals surface area contributed by atoms with Crippen molar-refractivity contribution in [3.8, 4) is 0 Å². The summed E-state index contributed by atoms with van der Waals surface area (Å²) in [5.74, 6) is -3.26. The Labute approximate surface area is 168 Å². The molecule has 0 saturated carbocycles. The number of rotatable bonds is 7. The van der Waals surface area contributed by atoms with E-state index in [1.54, 1.807) is 12.1 Å². The first kappa shape index (κ1) is 20.8. The Balaban J connectivity index is 2.36. The second-order valence-corrected chi connectivity index (χ2v) is 6.92. The minimum Gasteiger partial charge on any atom is -0.382 e. The van der Waals surface area contributed by atoms with Gasteiger partial charge in [-0.3, -0.25) is 9.63 Å². The fourth-order valence-electron chi connectivity index (χ4n) is 2.09. The lowest BCUT2D eigenvalue weighted by molar-refractivity contribution is 0.00892. The molecule has 0 heterocycles. The van der Waals surface area contributed by atoms with Gasteiger partial charge in [-0.2, -0.15) is 0 Å². The number of benzene rings is 2. The van der Waals surface area contributed by atoms with Crippen molar-refractivity contribution in [1.29, 1.82) is 0 Å². The van der Waals surface area contributed by atoms with E-state index in [2.05, 4.69) is 33.4 Å². The highest BCUT2D eigenvalue weighted by Crippen LogP contribution is 2.32. The number of methoxy groups -OCH3 is 1. The lowest BCUT2D eigenvalue weighted by atomic mass is 10.1. The van der Waals surface area contributed by atoms with Gasteiger partial charge in [-0.05, 0) is 59.3 Å². The van der Waals surface area contributed by atoms with Gasteiger partial charge in [0.25, 0.3) is 5.91 Å². The molecule has 5 nitrogen and oxygen atoms in total. The molecule has 0 aliphatic rings. The average Bonchev–Trinajstić information content (AvgIpc) is 2.60. The van der Waals surface area contributed by atoms with Crippen LogP contribution in [-0.2, 0) is 9.57 Å². The number of hydrogen-bond donors (Lipinski definition) is 2. The highest BCUT2D eigenvalue weighted by atomic mass is 127. The predicted molar refractivity (Wildman–Crippen MR) is 104 cm³/mol. The molecule has 2 aromatic carbocycles. The Bertz CT molecular complexity index is 821. The van der Waals surface area contributed by atoms with Crippen molar-refractivity contribution >= 4 is 51.5 Å². The van der Waals surface area contributed by atoms with Crippen molar-refractivity contribution in [2.45, 2.75) is 6.92 Å². The summed E-state index contributed by atoms with van der Waals surface area (Å²) in [6, 6.07) is 6.41. The number of carbonyl (C=O) groups is 1. The molecule has 0 unspecified atom stereocenters. The number of nitrogens with one attached hydrogen (secondary N) is 2. The fourth-order valence-corrected chi connectivity index (χ4v) is 2.93. The molecule has 0 bridgehead atoms. The minimum atomic E-state index is -1.25. The van der Waals surface area contributed by atoms with Crippen molar-refractivity contribution < 1.29 is 23.1 Å². The van der Waals surface area contributed by atoms with Gasteiger partial charge in [-0.1, -0.05) is 11.6 Å². The number of ether oxygens (including phenoxy) is 1. The third kappa shape index (κ3) is 5.03. The summed E-state index contributed by atoms with van der Waals surface area (Å²) in [6.45, 7) is 2.16. The molecule has 0 aliphatic carbocycles. The lowest BCUT2D eigenvalue weighted by Crippen LogP contribution is -2.26. The van der Waals surface area contributed by atoms with Crippen LogP contribution in [0.4, 0.5) is 20.2 Å². The van der Waals surface area contributed by atoms with E-state index in [9.17, 15) is 13.6 Å². The van der Waals surface area contributed by atoms with Crippen LogP contribution >= 0.6 is 34.2 Å². The van der Waals surface area contributed by atoms with Gasteiger partial charge in [0.1, 0.15) is 0 Å². The number of hydrogen-bond acceptors (Lipinski definition) is 4. The van der Waals surface area contributed by atoms with E-state index >= 15 is 0 Å². The summed E-state index contributed by atoms with van der Waals surface area (Å²) < 4.78 is 34.2. The van der Waals surface area contributed by atoms with Crippen molar-refractivity contribution in [1.82, 2.24) is 5.48 Å². The van der Waals surface area contributed by atoms with Gasteiger partial charge in [0, 0.05) is 16.4 Å². The van der Waals surface area contributed by atoms with Crippen LogP contribution in [0.5, 0.6) is 0 Å². The van der Waals surface area contributed by atoms with Crippen LogP contribution < -0.4 is 10.8 Å². The normalized spacial score (nSPS) is 10.7. The zero-order valence-electron chi connectivity index (χ0n) is 14.0. The van der Waals surface area contributed by atoms with E-state index in [1.165, 1.54) is 7.11 Å². The van der Waals surface area contributed by atoms with Crippen LogP contribution in [0.15, 0.2) is 24.3 Å². The second kappa shape index (κ2) is 9.45. The van der Waals surface area contributed by atoms with Gasteiger partial charge < -0.3 is 10.1 Å². The van der Waals surface area contributed by atoms with Crippen LogP contribution in [0.25, 0.3) is 0 Å². The van der Waals surface area contributed by atoms with E-state index < -0.39 is 22.6 Å². The van der Waals surface area contributed by atoms with Crippen LogP contribution in [0.2, 0.25) is 5.02 Å². The summed E-state index contributed by atoms with van der Waals surface area (Å²) >= 11 is 7.83. The van der Waals surface area contributed by atoms with Crippen molar-refractivity contribution in [2.75, 3.05) is 25.6 Å². The average molecular weight is 497 g/mol. The molecule has 0 radical (unpaired) electrons. The summed E-state index contributed by atoms with van der Waals surface area (Å²) in [4.78, 5) is 17.2. The van der Waals surface area contributed by atoms with E-state index in [0.29, 0.717) is 5.69 Å². The second-order valence-electron chi connectivity index (χ2n) is 5.27. The Kier molecular flexibility index (Phi) is 7.56. The highest BCUT2D eigenvalue weighted by molar-refractivity contribution is 14.1. The van der Waals surface area contributed by atoms with Crippen molar-refractivity contribution in [3.63, 3.8) is 0 Å². The van der Waals surface area contributed by atoms with Gasteiger partial charge in [-0.25, -0.2) is 14.3 Å². The number of carbonyl (C=O) groups excluding carboxylic acids is 1. The number of amides is 1. The smallest absolute Gasteiger partial charge is 0.277 e. The molecule has 0 aromatic heterocycles. The Morgan fingerprint density at radius 2 is 1.96 bits per heavy atom. The molecular formula is C17H16ClF2IN2O3. The Morgan fingerprint density at radius 3 is 2.62 bits per heavy atom. The molecule has 0 saturated heterocycles. The van der Waals surface area contributed by atoms with Gasteiger partial charge in [-0.15, -0.1) is 0 Å². The molecule has 140 valence electrons. The SMILES string of the molecule is COCCONC(=O)c1cc(Cl)c(F)c(F)c1Nc1ccc(I)cc1C. The summed E-state index contributed by atoms with van der Waals surface area (Å²) in [6.07, 6.45) is 0. The zero-order chi connectivity index (χ0) is 19.3. The van der Waals surface area contributed by atoms with Crippen molar-refractivity contribution in [2.24, 2.45) is 0 Å². The van der Waals surface area contributed by atoms with Crippen LogP contribution in [0, 0.1) is 22.1 Å². The number of aryl methyl sites for hydroxylation is 1. The summed E-state index contributed by atoms with van der Waals surface area (Å²) in [5.41, 5.74) is 2.96. The third-order valence-corrected chi connectivity index (χ3v) is 4.36. The quantitative estimate of drug-likeness (QED) is 0.255. The minimum absolute atomic E-state index is 0.0959. The number of anilines is 2. The Morgan fingerprint density at radius 1 is 1.23 bits per heavy atom. The fraction of sp³-hybridized carbons (Fsp3) is 0.235. The molecule has 0 fully saturated rings. The standard InChI is InChI=1S/C17H16ClF2IN2O3/c1-9-7-10(21)3-4-13(9)22-16-11(8-12(18)14(19)15(16)20)17(24)23-26-6-5-25-2/h3-4,7-8,22H,5-6H2,1-2H3,(H,23,24). The lowest BCUT2D eigenvalue weighted by Gasteiger charge is -2.16. The molecule has 2 N–H and O–H groups in total. The van der Waals surface area contributed by atoms with Gasteiger partial charge in [0.15, 0.2) is 11.6 Å². The predicted octanol–water partition coefficient (Wildman–Crippen LogP) is 4.58. The number of halogens is 4. The van der Waals surface area contributed by atoms with Gasteiger partial charge in [0.05, 0.1) is 29.5 Å². The topological polar surface area (TPSA) is 59.6 Å². The molecule has 0 aliphatic heterocycles. The maximum Gasteiger partial charge on any atom is 0.277 e. The zero-order valence-corrected chi connectivity index (χ0v) is 16.9. The van der Waals surface area contributed by atoms with E-state index in [4.69, 9.17) is 21.2 Å². The largest absolute Gasteiger partial charge is 0.382 e. The first-order chi connectivity index (χ1) is 12.3. The van der Waals surface area contributed by atoms with E-state index in [1.807, 2.05) is 13.0 Å². The molecule has 0 spiro atoms.